The Morgan fingerprint density at radius 3 is 2.81 bits per heavy atom. The number of alkyl halides is 1. The summed E-state index contributed by atoms with van der Waals surface area (Å²) in [5.74, 6) is 1.05. The molecule has 10 heteroatoms. The van der Waals surface area contributed by atoms with E-state index in [9.17, 15) is 4.39 Å². The number of thiol groups is 1. The number of rotatable bonds is 5. The Morgan fingerprint density at radius 2 is 2.09 bits per heavy atom. The Hall–Kier alpha value is -3.37. The van der Waals surface area contributed by atoms with Gasteiger partial charge in [-0.1, -0.05) is 0 Å². The van der Waals surface area contributed by atoms with Crippen molar-refractivity contribution in [3.63, 3.8) is 0 Å². The van der Waals surface area contributed by atoms with Crippen molar-refractivity contribution in [3.8, 4) is 16.9 Å². The summed E-state index contributed by atoms with van der Waals surface area (Å²) in [6.45, 7) is 0.831. The number of aromatic amines is 1. The first-order valence-electron chi connectivity index (χ1n) is 10.1. The van der Waals surface area contributed by atoms with Gasteiger partial charge in [-0.15, -0.1) is 12.6 Å². The molecule has 0 radical (unpaired) electrons. The normalized spacial score (nSPS) is 18.8. The van der Waals surface area contributed by atoms with E-state index in [1.54, 1.807) is 18.5 Å². The lowest BCUT2D eigenvalue weighted by molar-refractivity contribution is 0.141. The van der Waals surface area contributed by atoms with Crippen LogP contribution in [0.5, 0.6) is 5.75 Å². The summed E-state index contributed by atoms with van der Waals surface area (Å²) in [5.41, 5.74) is 9.63. The number of aromatic nitrogens is 4. The molecule has 0 spiro atoms. The van der Waals surface area contributed by atoms with E-state index in [-0.39, 0.29) is 0 Å². The van der Waals surface area contributed by atoms with Gasteiger partial charge in [0.1, 0.15) is 24.0 Å². The van der Waals surface area contributed by atoms with E-state index in [1.807, 2.05) is 36.2 Å². The number of nitrogen functional groups attached to an aromatic ring is 1. The molecule has 2 atom stereocenters. The highest BCUT2D eigenvalue weighted by molar-refractivity contribution is 7.80. The number of nitrogens with zero attached hydrogens (tertiary/aromatic N) is 4. The molecule has 0 saturated carbocycles. The van der Waals surface area contributed by atoms with Crippen molar-refractivity contribution in [1.82, 2.24) is 25.1 Å². The largest absolute Gasteiger partial charge is 0.485 e. The second kappa shape index (κ2) is 8.29. The van der Waals surface area contributed by atoms with Gasteiger partial charge in [0.15, 0.2) is 6.17 Å². The predicted octanol–water partition coefficient (Wildman–Crippen LogP) is 3.67. The molecule has 2 aromatic heterocycles. The zero-order valence-corrected chi connectivity index (χ0v) is 18.2. The highest BCUT2D eigenvalue weighted by Crippen LogP contribution is 2.37. The number of halogens is 1. The van der Waals surface area contributed by atoms with Crippen LogP contribution in [0.15, 0.2) is 53.9 Å². The molecule has 0 unspecified atom stereocenters. The molecule has 4 aromatic rings. The smallest absolute Gasteiger partial charge is 0.151 e. The van der Waals surface area contributed by atoms with Crippen LogP contribution in [0.3, 0.4) is 0 Å². The average Bonchev–Trinajstić information content (AvgIpc) is 3.40. The fourth-order valence-corrected chi connectivity index (χ4v) is 4.07. The molecule has 0 amide bonds. The van der Waals surface area contributed by atoms with E-state index < -0.39 is 12.3 Å². The number of fused-ring (bicyclic) bond motifs is 1. The fraction of sp³-hybridized carbons (Fsp3) is 0.227. The lowest BCUT2D eigenvalue weighted by Gasteiger charge is -2.19. The maximum Gasteiger partial charge on any atom is 0.151 e. The van der Waals surface area contributed by atoms with Crippen molar-refractivity contribution >= 4 is 40.7 Å². The summed E-state index contributed by atoms with van der Waals surface area (Å²) >= 11 is 4.39. The molecule has 0 aliphatic carbocycles. The van der Waals surface area contributed by atoms with Crippen molar-refractivity contribution in [2.24, 2.45) is 0 Å². The van der Waals surface area contributed by atoms with Crippen LogP contribution in [0.2, 0.25) is 0 Å². The minimum atomic E-state index is -1.09. The summed E-state index contributed by atoms with van der Waals surface area (Å²) in [5, 5.41) is 10.8. The number of likely N-dealkylation sites (tertiary alicyclic amines) is 1. The summed E-state index contributed by atoms with van der Waals surface area (Å²) in [6.07, 6.45) is 3.31. The number of nitrogens with one attached hydrogen (secondary N) is 2. The quantitative estimate of drug-likeness (QED) is 0.271. The Kier molecular flexibility index (Phi) is 5.32. The molecule has 1 aliphatic heterocycles. The zero-order chi connectivity index (χ0) is 22.2. The van der Waals surface area contributed by atoms with E-state index in [0.717, 1.165) is 16.8 Å². The second-order valence-electron chi connectivity index (χ2n) is 7.87. The minimum Gasteiger partial charge on any atom is -0.485 e. The van der Waals surface area contributed by atoms with Crippen LogP contribution in [-0.4, -0.2) is 57.5 Å². The van der Waals surface area contributed by atoms with Crippen LogP contribution >= 0.6 is 12.6 Å². The van der Waals surface area contributed by atoms with Gasteiger partial charge in [-0.3, -0.25) is 10.00 Å². The number of nitrogens with two attached hydrogens (primary N) is 1. The van der Waals surface area contributed by atoms with Crippen molar-refractivity contribution in [1.29, 1.82) is 0 Å². The van der Waals surface area contributed by atoms with Gasteiger partial charge in [-0.2, -0.15) is 5.10 Å². The van der Waals surface area contributed by atoms with Crippen molar-refractivity contribution in [2.75, 3.05) is 31.2 Å². The Labute approximate surface area is 189 Å². The van der Waals surface area contributed by atoms with E-state index in [0.29, 0.717) is 46.1 Å². The van der Waals surface area contributed by atoms with Gasteiger partial charge in [0.05, 0.1) is 17.1 Å². The van der Waals surface area contributed by atoms with Gasteiger partial charge in [0.2, 0.25) is 0 Å². The number of ether oxygens (including phenoxy) is 1. The van der Waals surface area contributed by atoms with Crippen LogP contribution in [0.4, 0.5) is 21.6 Å². The number of likely N-dealkylation sites (N-methyl/N-ethyl adjacent to an activating group) is 1. The molecule has 5 rings (SSSR count). The average molecular weight is 452 g/mol. The summed E-state index contributed by atoms with van der Waals surface area (Å²) in [4.78, 5) is 11.5. The first kappa shape index (κ1) is 20.5. The first-order valence-corrected chi connectivity index (χ1v) is 10.6. The second-order valence-corrected chi connectivity index (χ2v) is 8.35. The van der Waals surface area contributed by atoms with Gasteiger partial charge in [-0.25, -0.2) is 14.4 Å². The monoisotopic (exact) mass is 451 g/mol. The molecule has 0 bridgehead atoms. The predicted molar refractivity (Wildman–Crippen MR) is 125 cm³/mol. The maximum absolute atomic E-state index is 14.6. The first-order chi connectivity index (χ1) is 15.5. The van der Waals surface area contributed by atoms with Gasteiger partial charge < -0.3 is 15.8 Å². The van der Waals surface area contributed by atoms with Gasteiger partial charge >= 0.3 is 0 Å². The molecule has 32 heavy (non-hydrogen) atoms. The topological polar surface area (TPSA) is 105 Å². The van der Waals surface area contributed by atoms with Crippen LogP contribution in [0.25, 0.3) is 22.0 Å². The highest BCUT2D eigenvalue weighted by Gasteiger charge is 2.33. The molecule has 1 aliphatic rings. The van der Waals surface area contributed by atoms with Gasteiger partial charge in [-0.05, 0) is 42.9 Å². The Bertz CT molecular complexity index is 1270. The van der Waals surface area contributed by atoms with E-state index >= 15 is 0 Å². The van der Waals surface area contributed by atoms with Crippen LogP contribution < -0.4 is 15.8 Å². The lowest BCUT2D eigenvalue weighted by Crippen LogP contribution is -2.27. The molecular weight excluding hydrogens is 429 g/mol. The molecule has 3 heterocycles. The molecule has 2 aromatic carbocycles. The lowest BCUT2D eigenvalue weighted by atomic mass is 10.1. The Morgan fingerprint density at radius 1 is 1.22 bits per heavy atom. The standard InChI is InChI=1S/C22H22FN7OS/c1-30-9-15(23)19(10-30)31-18-5-12(13-7-27-28-8-13)4-17-21(18)22(26-11-25-17)29-14-2-3-16(24)20(32)6-14/h2-8,11,15,19,32H,9-10,24H2,1H3,(H,27,28)(H,25,26,29)/t15-,19-/m0/s1. The number of benzene rings is 2. The molecule has 164 valence electrons. The van der Waals surface area contributed by atoms with E-state index in [2.05, 4.69) is 38.1 Å². The fourth-order valence-electron chi connectivity index (χ4n) is 3.86. The Balaban J connectivity index is 1.62. The number of hydrogen-bond donors (Lipinski definition) is 4. The van der Waals surface area contributed by atoms with E-state index in [4.69, 9.17) is 10.5 Å². The van der Waals surface area contributed by atoms with Crippen molar-refractivity contribution in [2.45, 2.75) is 17.2 Å². The third-order valence-electron chi connectivity index (χ3n) is 5.49. The zero-order valence-electron chi connectivity index (χ0n) is 17.3. The minimum absolute atomic E-state index is 0.335. The van der Waals surface area contributed by atoms with Crippen LogP contribution in [-0.2, 0) is 0 Å². The maximum atomic E-state index is 14.6. The molecule has 1 fully saturated rings. The third kappa shape index (κ3) is 3.94. The third-order valence-corrected chi connectivity index (χ3v) is 5.87. The van der Waals surface area contributed by atoms with E-state index in [1.165, 1.54) is 6.33 Å². The number of anilines is 3. The van der Waals surface area contributed by atoms with Crippen LogP contribution in [0, 0.1) is 0 Å². The molecular formula is C22H22FN7OS. The van der Waals surface area contributed by atoms with Crippen LogP contribution in [0.1, 0.15) is 0 Å². The van der Waals surface area contributed by atoms with Gasteiger partial charge in [0.25, 0.3) is 0 Å². The SMILES string of the molecule is CN1C[C@H](Oc2cc(-c3cn[nH]c3)cc3ncnc(Nc4ccc(N)c(S)c4)c23)[C@@H](F)C1. The number of H-pyrrole nitrogens is 1. The van der Waals surface area contributed by atoms with Crippen molar-refractivity contribution in [3.05, 3.63) is 49.1 Å². The molecule has 4 N–H and O–H groups in total. The molecule has 1 saturated heterocycles. The number of hydrogen-bond acceptors (Lipinski definition) is 8. The molecule has 8 nitrogen and oxygen atoms in total. The summed E-state index contributed by atoms with van der Waals surface area (Å²) < 4.78 is 20.8. The van der Waals surface area contributed by atoms with Crippen molar-refractivity contribution < 1.29 is 9.13 Å². The summed E-state index contributed by atoms with van der Waals surface area (Å²) in [6, 6.07) is 9.23. The highest BCUT2D eigenvalue weighted by atomic mass is 32.1. The van der Waals surface area contributed by atoms with Gasteiger partial charge in [0, 0.05) is 41.1 Å². The summed E-state index contributed by atoms with van der Waals surface area (Å²) in [7, 11) is 1.88.